The first kappa shape index (κ1) is 20.9. The van der Waals surface area contributed by atoms with Crippen LogP contribution in [0.4, 0.5) is 10.5 Å². The second-order valence-electron chi connectivity index (χ2n) is 7.69. The third-order valence-electron chi connectivity index (χ3n) is 5.33. The second kappa shape index (κ2) is 8.43. The van der Waals surface area contributed by atoms with E-state index in [2.05, 4.69) is 16.1 Å². The molecule has 0 aliphatic carbocycles. The molecular formula is C22H22N4O4S. The van der Waals surface area contributed by atoms with Gasteiger partial charge in [0.05, 0.1) is 5.69 Å². The maximum atomic E-state index is 12.9. The molecule has 9 heteroatoms. The number of amides is 5. The summed E-state index contributed by atoms with van der Waals surface area (Å²) < 4.78 is 0. The number of aryl methyl sites for hydroxylation is 1. The fourth-order valence-corrected chi connectivity index (χ4v) is 4.46. The van der Waals surface area contributed by atoms with Gasteiger partial charge in [-0.05, 0) is 43.5 Å². The minimum atomic E-state index is -1.11. The van der Waals surface area contributed by atoms with Gasteiger partial charge in [-0.3, -0.25) is 19.8 Å². The Kier molecular flexibility index (Phi) is 5.69. The van der Waals surface area contributed by atoms with Crippen LogP contribution in [0.3, 0.4) is 0 Å². The van der Waals surface area contributed by atoms with Crippen molar-refractivity contribution in [2.24, 2.45) is 0 Å². The van der Waals surface area contributed by atoms with Crippen molar-refractivity contribution in [2.45, 2.75) is 36.6 Å². The highest BCUT2D eigenvalue weighted by Gasteiger charge is 2.48. The molecule has 160 valence electrons. The average molecular weight is 439 g/mol. The molecule has 2 aliphatic rings. The number of rotatable bonds is 5. The predicted molar refractivity (Wildman–Crippen MR) is 116 cm³/mol. The molecule has 8 nitrogen and oxygen atoms in total. The Hall–Kier alpha value is -3.33. The standard InChI is InChI=1S/C22H22N4O4S/c1-22(11-9-14-5-3-2-4-6-14)20(29)26(21(30)24-22)25-19(28)15-7-8-17-16(13-15)23-18(27)10-12-31-17/h2-8,13H,9-12H2,1H3,(H,23,27)(H,24,30)(H,25,28)/t22-/m1/s1. The lowest BCUT2D eigenvalue weighted by Crippen LogP contribution is -2.49. The molecule has 0 spiro atoms. The number of nitrogens with zero attached hydrogens (tertiary/aromatic N) is 1. The third-order valence-corrected chi connectivity index (χ3v) is 6.41. The van der Waals surface area contributed by atoms with Gasteiger partial charge in [-0.1, -0.05) is 30.3 Å². The van der Waals surface area contributed by atoms with E-state index in [9.17, 15) is 19.2 Å². The molecule has 0 aromatic heterocycles. The number of hydrogen-bond acceptors (Lipinski definition) is 5. The second-order valence-corrected chi connectivity index (χ2v) is 8.82. The summed E-state index contributed by atoms with van der Waals surface area (Å²) in [5, 5.41) is 6.19. The first-order valence-corrected chi connectivity index (χ1v) is 10.9. The molecule has 2 aromatic carbocycles. The zero-order valence-electron chi connectivity index (χ0n) is 16.9. The molecule has 2 aromatic rings. The summed E-state index contributed by atoms with van der Waals surface area (Å²) in [6.45, 7) is 1.65. The number of carbonyl (C=O) groups excluding carboxylic acids is 4. The summed E-state index contributed by atoms with van der Waals surface area (Å²) in [4.78, 5) is 50.7. The van der Waals surface area contributed by atoms with Crippen molar-refractivity contribution < 1.29 is 19.2 Å². The molecule has 0 bridgehead atoms. The van der Waals surface area contributed by atoms with Crippen LogP contribution in [0.25, 0.3) is 0 Å². The molecule has 0 radical (unpaired) electrons. The van der Waals surface area contributed by atoms with Crippen LogP contribution in [0.2, 0.25) is 0 Å². The molecule has 1 atom stereocenters. The molecule has 3 N–H and O–H groups in total. The Morgan fingerprint density at radius 2 is 1.94 bits per heavy atom. The van der Waals surface area contributed by atoms with Crippen LogP contribution in [-0.4, -0.2) is 40.1 Å². The van der Waals surface area contributed by atoms with E-state index in [1.54, 1.807) is 25.1 Å². The Morgan fingerprint density at radius 3 is 2.71 bits per heavy atom. The number of carbonyl (C=O) groups is 4. The van der Waals surface area contributed by atoms with E-state index >= 15 is 0 Å². The highest BCUT2D eigenvalue weighted by molar-refractivity contribution is 7.99. The summed E-state index contributed by atoms with van der Waals surface area (Å²) in [6, 6.07) is 13.9. The summed E-state index contributed by atoms with van der Waals surface area (Å²) in [5.74, 6) is -0.580. The minimum absolute atomic E-state index is 0.118. The predicted octanol–water partition coefficient (Wildman–Crippen LogP) is 2.71. The SMILES string of the molecule is C[C@]1(CCc2ccccc2)NC(=O)N(NC(=O)c2ccc3c(c2)NC(=O)CCS3)C1=O. The maximum Gasteiger partial charge on any atom is 0.344 e. The van der Waals surface area contributed by atoms with Crippen molar-refractivity contribution in [3.8, 4) is 0 Å². The fourth-order valence-electron chi connectivity index (χ4n) is 3.52. The third kappa shape index (κ3) is 4.41. The first-order valence-electron chi connectivity index (χ1n) is 9.94. The van der Waals surface area contributed by atoms with E-state index in [1.165, 1.54) is 11.8 Å². The normalized spacial score (nSPS) is 20.5. The van der Waals surface area contributed by atoms with Gasteiger partial charge in [-0.15, -0.1) is 11.8 Å². The van der Waals surface area contributed by atoms with Crippen molar-refractivity contribution in [1.29, 1.82) is 0 Å². The van der Waals surface area contributed by atoms with Gasteiger partial charge in [0.1, 0.15) is 5.54 Å². The van der Waals surface area contributed by atoms with Gasteiger partial charge in [-0.25, -0.2) is 4.79 Å². The fraction of sp³-hybridized carbons (Fsp3) is 0.273. The summed E-state index contributed by atoms with van der Waals surface area (Å²) >= 11 is 1.53. The minimum Gasteiger partial charge on any atom is -0.325 e. The number of imide groups is 1. The van der Waals surface area contributed by atoms with Gasteiger partial charge in [0, 0.05) is 22.6 Å². The van der Waals surface area contributed by atoms with Gasteiger partial charge in [0.15, 0.2) is 0 Å². The van der Waals surface area contributed by atoms with E-state index in [-0.39, 0.29) is 11.5 Å². The van der Waals surface area contributed by atoms with E-state index in [1.807, 2.05) is 30.3 Å². The van der Waals surface area contributed by atoms with Gasteiger partial charge < -0.3 is 10.6 Å². The average Bonchev–Trinajstić information content (AvgIpc) is 2.88. The summed E-state index contributed by atoms with van der Waals surface area (Å²) in [5.41, 5.74) is 3.12. The van der Waals surface area contributed by atoms with E-state index in [0.29, 0.717) is 30.7 Å². The lowest BCUT2D eigenvalue weighted by Gasteiger charge is -2.21. The zero-order chi connectivity index (χ0) is 22.0. The molecule has 1 saturated heterocycles. The lowest BCUT2D eigenvalue weighted by atomic mass is 9.93. The van der Waals surface area contributed by atoms with Crippen LogP contribution in [0.5, 0.6) is 0 Å². The Bertz CT molecular complexity index is 1060. The quantitative estimate of drug-likeness (QED) is 0.622. The lowest BCUT2D eigenvalue weighted by molar-refractivity contribution is -0.132. The Labute approximate surface area is 183 Å². The number of thioether (sulfide) groups is 1. The van der Waals surface area contributed by atoms with Crippen molar-refractivity contribution >= 4 is 41.2 Å². The highest BCUT2D eigenvalue weighted by Crippen LogP contribution is 2.31. The van der Waals surface area contributed by atoms with Gasteiger partial charge in [0.25, 0.3) is 11.8 Å². The van der Waals surface area contributed by atoms with Crippen LogP contribution in [0.1, 0.15) is 35.7 Å². The molecule has 31 heavy (non-hydrogen) atoms. The van der Waals surface area contributed by atoms with Crippen LogP contribution in [0, 0.1) is 0 Å². The molecule has 4 rings (SSSR count). The molecule has 0 unspecified atom stereocenters. The van der Waals surface area contributed by atoms with Crippen molar-refractivity contribution in [2.75, 3.05) is 11.1 Å². The number of benzene rings is 2. The van der Waals surface area contributed by atoms with E-state index in [4.69, 9.17) is 0 Å². The molecule has 0 saturated carbocycles. The van der Waals surface area contributed by atoms with Gasteiger partial charge in [-0.2, -0.15) is 5.01 Å². The first-order chi connectivity index (χ1) is 14.9. The largest absolute Gasteiger partial charge is 0.344 e. The van der Waals surface area contributed by atoms with E-state index in [0.717, 1.165) is 15.5 Å². The van der Waals surface area contributed by atoms with Gasteiger partial charge in [0.2, 0.25) is 5.91 Å². The molecule has 2 aliphatic heterocycles. The summed E-state index contributed by atoms with van der Waals surface area (Å²) in [7, 11) is 0. The number of anilines is 1. The summed E-state index contributed by atoms with van der Waals surface area (Å²) in [6.07, 6.45) is 1.40. The topological polar surface area (TPSA) is 108 Å². The van der Waals surface area contributed by atoms with Gasteiger partial charge >= 0.3 is 6.03 Å². The highest BCUT2D eigenvalue weighted by atomic mass is 32.2. The van der Waals surface area contributed by atoms with Crippen LogP contribution in [0.15, 0.2) is 53.4 Å². The van der Waals surface area contributed by atoms with E-state index < -0.39 is 23.4 Å². The molecule has 1 fully saturated rings. The molecule has 5 amide bonds. The zero-order valence-corrected chi connectivity index (χ0v) is 17.8. The smallest absolute Gasteiger partial charge is 0.325 e. The number of hydrogen-bond donors (Lipinski definition) is 3. The van der Waals surface area contributed by atoms with Crippen LogP contribution >= 0.6 is 11.8 Å². The number of nitrogens with one attached hydrogen (secondary N) is 3. The maximum absolute atomic E-state index is 12.9. The monoisotopic (exact) mass is 438 g/mol. The number of fused-ring (bicyclic) bond motifs is 1. The van der Waals surface area contributed by atoms with Crippen molar-refractivity contribution in [3.05, 3.63) is 59.7 Å². The van der Waals surface area contributed by atoms with Crippen molar-refractivity contribution in [1.82, 2.24) is 15.8 Å². The van der Waals surface area contributed by atoms with Crippen LogP contribution < -0.4 is 16.1 Å². The molecular weight excluding hydrogens is 416 g/mol. The van der Waals surface area contributed by atoms with Crippen molar-refractivity contribution in [3.63, 3.8) is 0 Å². The Balaban J connectivity index is 1.45. The number of hydrazine groups is 1. The molecule has 2 heterocycles. The number of urea groups is 1. The van der Waals surface area contributed by atoms with Crippen LogP contribution in [-0.2, 0) is 16.0 Å². The Morgan fingerprint density at radius 1 is 1.16 bits per heavy atom.